The van der Waals surface area contributed by atoms with Gasteiger partial charge in [-0.1, -0.05) is 0 Å². The van der Waals surface area contributed by atoms with Crippen LogP contribution in [0.25, 0.3) is 0 Å². The molecule has 1 aromatic heterocycles. The first-order valence-corrected chi connectivity index (χ1v) is 4.88. The predicted octanol–water partition coefficient (Wildman–Crippen LogP) is 1.000. The normalized spacial score (nSPS) is 20.5. The average molecular weight is 194 g/mol. The number of aromatic nitrogens is 2. The summed E-state index contributed by atoms with van der Waals surface area (Å²) in [6.07, 6.45) is 5.08. The zero-order valence-corrected chi connectivity index (χ0v) is 8.23. The molecule has 0 saturated carbocycles. The summed E-state index contributed by atoms with van der Waals surface area (Å²) in [6, 6.07) is 0. The number of hydrogen-bond donors (Lipinski definition) is 1. The SMILES string of the molecule is Cn1cc2c(n1)CC(CC(=O)O)CC2. The van der Waals surface area contributed by atoms with Crippen LogP contribution in [0.15, 0.2) is 6.20 Å². The Balaban J connectivity index is 2.09. The molecule has 0 amide bonds. The van der Waals surface area contributed by atoms with E-state index in [1.807, 2.05) is 17.9 Å². The summed E-state index contributed by atoms with van der Waals surface area (Å²) in [7, 11) is 1.91. The van der Waals surface area contributed by atoms with Crippen molar-refractivity contribution < 1.29 is 9.90 Å². The van der Waals surface area contributed by atoms with Crippen molar-refractivity contribution in [3.05, 3.63) is 17.5 Å². The average Bonchev–Trinajstić information content (AvgIpc) is 2.42. The third kappa shape index (κ3) is 1.78. The summed E-state index contributed by atoms with van der Waals surface area (Å²) in [5.74, 6) is -0.427. The van der Waals surface area contributed by atoms with E-state index in [9.17, 15) is 4.79 Å². The molecule has 4 nitrogen and oxygen atoms in total. The first-order valence-electron chi connectivity index (χ1n) is 4.88. The van der Waals surface area contributed by atoms with Gasteiger partial charge in [-0.2, -0.15) is 5.10 Å². The van der Waals surface area contributed by atoms with E-state index in [1.165, 1.54) is 5.56 Å². The van der Waals surface area contributed by atoms with E-state index in [-0.39, 0.29) is 12.3 Å². The zero-order chi connectivity index (χ0) is 10.1. The molecule has 0 saturated heterocycles. The maximum absolute atomic E-state index is 10.6. The van der Waals surface area contributed by atoms with Crippen LogP contribution in [-0.4, -0.2) is 20.9 Å². The van der Waals surface area contributed by atoms with Gasteiger partial charge in [-0.3, -0.25) is 9.48 Å². The number of fused-ring (bicyclic) bond motifs is 1. The van der Waals surface area contributed by atoms with E-state index in [2.05, 4.69) is 5.10 Å². The molecule has 1 aliphatic rings. The number of hydrogen-bond acceptors (Lipinski definition) is 2. The molecule has 1 N–H and O–H groups in total. The molecule has 76 valence electrons. The topological polar surface area (TPSA) is 55.1 Å². The molecule has 0 radical (unpaired) electrons. The highest BCUT2D eigenvalue weighted by Crippen LogP contribution is 2.26. The molecule has 1 unspecified atom stereocenters. The Morgan fingerprint density at radius 2 is 2.57 bits per heavy atom. The Morgan fingerprint density at radius 1 is 1.79 bits per heavy atom. The third-order valence-electron chi connectivity index (χ3n) is 2.76. The van der Waals surface area contributed by atoms with Crippen LogP contribution < -0.4 is 0 Å². The van der Waals surface area contributed by atoms with E-state index < -0.39 is 5.97 Å². The molecule has 0 fully saturated rings. The molecule has 1 aromatic rings. The van der Waals surface area contributed by atoms with Crippen LogP contribution >= 0.6 is 0 Å². The van der Waals surface area contributed by atoms with Crippen LogP contribution in [0.3, 0.4) is 0 Å². The molecular formula is C10H14N2O2. The van der Waals surface area contributed by atoms with Gasteiger partial charge in [0.05, 0.1) is 5.69 Å². The summed E-state index contributed by atoms with van der Waals surface area (Å²) in [5.41, 5.74) is 2.37. The van der Waals surface area contributed by atoms with Gasteiger partial charge in [0.2, 0.25) is 0 Å². The fourth-order valence-corrected chi connectivity index (χ4v) is 2.12. The number of carbonyl (C=O) groups is 1. The number of aryl methyl sites for hydroxylation is 2. The van der Waals surface area contributed by atoms with E-state index in [0.717, 1.165) is 25.0 Å². The molecule has 2 rings (SSSR count). The molecule has 14 heavy (non-hydrogen) atoms. The standard InChI is InChI=1S/C10H14N2O2/c1-12-6-8-3-2-7(5-10(13)14)4-9(8)11-12/h6-7H,2-5H2,1H3,(H,13,14). The van der Waals surface area contributed by atoms with Gasteiger partial charge in [-0.05, 0) is 30.7 Å². The molecule has 1 heterocycles. The van der Waals surface area contributed by atoms with E-state index in [4.69, 9.17) is 5.11 Å². The van der Waals surface area contributed by atoms with Gasteiger partial charge < -0.3 is 5.11 Å². The lowest BCUT2D eigenvalue weighted by Gasteiger charge is -2.18. The van der Waals surface area contributed by atoms with Crippen LogP contribution in [0, 0.1) is 5.92 Å². The van der Waals surface area contributed by atoms with Crippen LogP contribution in [0.4, 0.5) is 0 Å². The molecule has 0 bridgehead atoms. The molecular weight excluding hydrogens is 180 g/mol. The van der Waals surface area contributed by atoms with Crippen molar-refractivity contribution in [2.45, 2.75) is 25.7 Å². The summed E-state index contributed by atoms with van der Waals surface area (Å²) in [6.45, 7) is 0. The van der Waals surface area contributed by atoms with Crippen LogP contribution in [0.5, 0.6) is 0 Å². The summed E-state index contributed by atoms with van der Waals surface area (Å²) in [4.78, 5) is 10.6. The fourth-order valence-electron chi connectivity index (χ4n) is 2.12. The first-order chi connectivity index (χ1) is 6.65. The monoisotopic (exact) mass is 194 g/mol. The zero-order valence-electron chi connectivity index (χ0n) is 8.23. The molecule has 0 aromatic carbocycles. The van der Waals surface area contributed by atoms with E-state index in [1.54, 1.807) is 0 Å². The minimum atomic E-state index is -0.700. The molecule has 1 aliphatic carbocycles. The Hall–Kier alpha value is -1.32. The number of aliphatic carboxylic acids is 1. The van der Waals surface area contributed by atoms with Crippen molar-refractivity contribution in [3.63, 3.8) is 0 Å². The number of rotatable bonds is 2. The number of carboxylic acids is 1. The van der Waals surface area contributed by atoms with Crippen molar-refractivity contribution in [1.29, 1.82) is 0 Å². The van der Waals surface area contributed by atoms with Gasteiger partial charge in [0.15, 0.2) is 0 Å². The summed E-state index contributed by atoms with van der Waals surface area (Å²) in [5, 5.41) is 13.0. The second-order valence-electron chi connectivity index (χ2n) is 3.98. The van der Waals surface area contributed by atoms with Gasteiger partial charge in [0.25, 0.3) is 0 Å². The Kier molecular flexibility index (Phi) is 2.27. The minimum Gasteiger partial charge on any atom is -0.481 e. The highest BCUT2D eigenvalue weighted by atomic mass is 16.4. The van der Waals surface area contributed by atoms with E-state index in [0.29, 0.717) is 0 Å². The summed E-state index contributed by atoms with van der Waals surface area (Å²) >= 11 is 0. The Labute approximate surface area is 82.5 Å². The number of nitrogens with zero attached hydrogens (tertiary/aromatic N) is 2. The van der Waals surface area contributed by atoms with Crippen molar-refractivity contribution in [2.75, 3.05) is 0 Å². The second kappa shape index (κ2) is 3.44. The quantitative estimate of drug-likeness (QED) is 0.764. The van der Waals surface area contributed by atoms with Gasteiger partial charge in [-0.15, -0.1) is 0 Å². The summed E-state index contributed by atoms with van der Waals surface area (Å²) < 4.78 is 1.81. The molecule has 0 spiro atoms. The first kappa shape index (κ1) is 9.24. The van der Waals surface area contributed by atoms with Crippen molar-refractivity contribution >= 4 is 5.97 Å². The highest BCUT2D eigenvalue weighted by Gasteiger charge is 2.22. The molecule has 4 heteroatoms. The van der Waals surface area contributed by atoms with Gasteiger partial charge >= 0.3 is 5.97 Å². The second-order valence-corrected chi connectivity index (χ2v) is 3.98. The fraction of sp³-hybridized carbons (Fsp3) is 0.600. The maximum atomic E-state index is 10.6. The maximum Gasteiger partial charge on any atom is 0.303 e. The van der Waals surface area contributed by atoms with Crippen LogP contribution in [0.1, 0.15) is 24.1 Å². The minimum absolute atomic E-state index is 0.273. The Bertz CT molecular complexity index is 357. The number of carboxylic acid groups (broad SMARTS) is 1. The molecule has 0 aliphatic heterocycles. The lowest BCUT2D eigenvalue weighted by molar-refractivity contribution is -0.138. The van der Waals surface area contributed by atoms with Gasteiger partial charge in [0, 0.05) is 19.7 Å². The van der Waals surface area contributed by atoms with Gasteiger partial charge in [0.1, 0.15) is 0 Å². The van der Waals surface area contributed by atoms with Crippen LogP contribution in [-0.2, 0) is 24.7 Å². The lowest BCUT2D eigenvalue weighted by atomic mass is 9.86. The lowest BCUT2D eigenvalue weighted by Crippen LogP contribution is -2.17. The Morgan fingerprint density at radius 3 is 3.29 bits per heavy atom. The largest absolute Gasteiger partial charge is 0.481 e. The third-order valence-corrected chi connectivity index (χ3v) is 2.76. The highest BCUT2D eigenvalue weighted by molar-refractivity contribution is 5.67. The van der Waals surface area contributed by atoms with Crippen molar-refractivity contribution in [3.8, 4) is 0 Å². The van der Waals surface area contributed by atoms with Crippen molar-refractivity contribution in [2.24, 2.45) is 13.0 Å². The smallest absolute Gasteiger partial charge is 0.303 e. The van der Waals surface area contributed by atoms with Crippen LogP contribution in [0.2, 0.25) is 0 Å². The van der Waals surface area contributed by atoms with Gasteiger partial charge in [-0.25, -0.2) is 0 Å². The predicted molar refractivity (Wildman–Crippen MR) is 51.0 cm³/mol. The van der Waals surface area contributed by atoms with Crippen molar-refractivity contribution in [1.82, 2.24) is 9.78 Å². The molecule has 1 atom stereocenters. The van der Waals surface area contributed by atoms with E-state index >= 15 is 0 Å².